The number of aryl methyl sites for hydroxylation is 2. The Morgan fingerprint density at radius 1 is 0.914 bits per heavy atom. The number of hydrogen-bond donors (Lipinski definition) is 6. The van der Waals surface area contributed by atoms with E-state index in [1.165, 1.54) is 12.1 Å². The number of hydrazine groups is 2. The van der Waals surface area contributed by atoms with E-state index in [0.29, 0.717) is 5.56 Å². The second-order valence-corrected chi connectivity index (χ2v) is 7.89. The molecule has 0 atom stereocenters. The zero-order valence-corrected chi connectivity index (χ0v) is 19.6. The van der Waals surface area contributed by atoms with Crippen LogP contribution in [0.1, 0.15) is 61.9 Å². The minimum absolute atomic E-state index is 0.0530. The summed E-state index contributed by atoms with van der Waals surface area (Å²) in [7, 11) is 0. The van der Waals surface area contributed by atoms with Crippen molar-refractivity contribution in [3.63, 3.8) is 0 Å². The second-order valence-electron chi connectivity index (χ2n) is 7.89. The smallest absolute Gasteiger partial charge is 0.270 e. The van der Waals surface area contributed by atoms with E-state index in [1.54, 1.807) is 19.1 Å². The maximum Gasteiger partial charge on any atom is 0.270 e. The molecular weight excluding hydrogens is 451 g/mol. The highest BCUT2D eigenvalue weighted by molar-refractivity contribution is 5.97. The summed E-state index contributed by atoms with van der Waals surface area (Å²) < 4.78 is 13.4. The lowest BCUT2D eigenvalue weighted by atomic mass is 10.0. The van der Waals surface area contributed by atoms with Gasteiger partial charge in [-0.2, -0.15) is 0 Å². The minimum Gasteiger partial charge on any atom is -0.347 e. The van der Waals surface area contributed by atoms with Gasteiger partial charge in [0.25, 0.3) is 11.8 Å². The lowest BCUT2D eigenvalue weighted by Gasteiger charge is -2.18. The van der Waals surface area contributed by atoms with Crippen LogP contribution in [0.2, 0.25) is 0 Å². The number of benzene rings is 2. The molecule has 10 nitrogen and oxygen atoms in total. The van der Waals surface area contributed by atoms with Crippen LogP contribution in [0.15, 0.2) is 48.8 Å². The molecule has 0 spiro atoms. The van der Waals surface area contributed by atoms with Gasteiger partial charge in [0.05, 0.1) is 0 Å². The molecule has 11 heteroatoms. The normalized spacial score (nSPS) is 10.9. The molecule has 0 aliphatic carbocycles. The lowest BCUT2D eigenvalue weighted by molar-refractivity contribution is 0.0944. The molecule has 0 radical (unpaired) electrons. The Balaban J connectivity index is 1.63. The van der Waals surface area contributed by atoms with Crippen molar-refractivity contribution in [3.05, 3.63) is 93.8 Å². The van der Waals surface area contributed by atoms with Crippen LogP contribution >= 0.6 is 0 Å². The average molecular weight is 481 g/mol. The molecule has 0 saturated heterocycles. The standard InChI is InChI=1S/C24H29FN8O2/c1-3-16-9-17(22(32-26)33-27)5-6-18(16)12-29-24(35)21-10-20(30-13-31-21)23(34)28-11-15-4-7-19(25)14(2)8-15/h4-10,13,22,32-33H,3,11-12,26-27H2,1-2H3,(H,28,34)(H,29,35). The molecule has 8 N–H and O–H groups in total. The van der Waals surface area contributed by atoms with Crippen molar-refractivity contribution in [1.29, 1.82) is 0 Å². The highest BCUT2D eigenvalue weighted by Gasteiger charge is 2.15. The maximum absolute atomic E-state index is 13.4. The molecule has 0 bridgehead atoms. The molecular formula is C24H29FN8O2. The van der Waals surface area contributed by atoms with Gasteiger partial charge in [0, 0.05) is 19.2 Å². The number of carbonyl (C=O) groups excluding carboxylic acids is 2. The first-order valence-corrected chi connectivity index (χ1v) is 11.0. The van der Waals surface area contributed by atoms with Gasteiger partial charge < -0.3 is 10.6 Å². The van der Waals surface area contributed by atoms with E-state index in [2.05, 4.69) is 31.5 Å². The Bertz CT molecular complexity index is 1200. The first kappa shape index (κ1) is 25.8. The monoisotopic (exact) mass is 480 g/mol. The van der Waals surface area contributed by atoms with Crippen LogP contribution in [0.4, 0.5) is 4.39 Å². The molecule has 0 saturated carbocycles. The third-order valence-electron chi connectivity index (χ3n) is 5.53. The Hall–Kier alpha value is -3.77. The average Bonchev–Trinajstić information content (AvgIpc) is 2.88. The predicted octanol–water partition coefficient (Wildman–Crippen LogP) is 1.27. The second kappa shape index (κ2) is 12.1. The number of halogens is 1. The van der Waals surface area contributed by atoms with Crippen molar-refractivity contribution in [2.75, 3.05) is 0 Å². The molecule has 0 aliphatic rings. The summed E-state index contributed by atoms with van der Waals surface area (Å²) >= 11 is 0. The van der Waals surface area contributed by atoms with Crippen LogP contribution < -0.4 is 33.2 Å². The summed E-state index contributed by atoms with van der Waals surface area (Å²) in [5.41, 5.74) is 9.34. The van der Waals surface area contributed by atoms with Crippen molar-refractivity contribution < 1.29 is 14.0 Å². The zero-order chi connectivity index (χ0) is 25.4. The fraction of sp³-hybridized carbons (Fsp3) is 0.250. The maximum atomic E-state index is 13.4. The van der Waals surface area contributed by atoms with Crippen LogP contribution in [0, 0.1) is 12.7 Å². The molecule has 0 unspecified atom stereocenters. The molecule has 0 aliphatic heterocycles. The van der Waals surface area contributed by atoms with Gasteiger partial charge in [-0.3, -0.25) is 21.3 Å². The van der Waals surface area contributed by atoms with Crippen molar-refractivity contribution in [2.45, 2.75) is 39.5 Å². The molecule has 1 aromatic heterocycles. The lowest BCUT2D eigenvalue weighted by Crippen LogP contribution is -2.42. The number of rotatable bonds is 10. The number of nitrogens with zero attached hydrogens (tertiary/aromatic N) is 2. The van der Waals surface area contributed by atoms with E-state index < -0.39 is 18.0 Å². The van der Waals surface area contributed by atoms with E-state index in [9.17, 15) is 14.0 Å². The molecule has 1 heterocycles. The summed E-state index contributed by atoms with van der Waals surface area (Å²) in [6, 6.07) is 11.6. The van der Waals surface area contributed by atoms with Gasteiger partial charge in [0.15, 0.2) is 0 Å². The number of nitrogens with two attached hydrogens (primary N) is 2. The molecule has 2 amide bonds. The van der Waals surface area contributed by atoms with Crippen LogP contribution in [-0.2, 0) is 19.5 Å². The number of aromatic nitrogens is 2. The Kier molecular flexibility index (Phi) is 8.92. The zero-order valence-electron chi connectivity index (χ0n) is 19.6. The van der Waals surface area contributed by atoms with Crippen LogP contribution in [-0.4, -0.2) is 21.8 Å². The third kappa shape index (κ3) is 6.64. The van der Waals surface area contributed by atoms with Crippen LogP contribution in [0.3, 0.4) is 0 Å². The van der Waals surface area contributed by atoms with Gasteiger partial charge in [-0.15, -0.1) is 0 Å². The molecule has 35 heavy (non-hydrogen) atoms. The van der Waals surface area contributed by atoms with Gasteiger partial charge in [0.2, 0.25) is 0 Å². The molecule has 184 valence electrons. The number of carbonyl (C=O) groups is 2. The van der Waals surface area contributed by atoms with Gasteiger partial charge in [-0.1, -0.05) is 37.3 Å². The van der Waals surface area contributed by atoms with Crippen molar-refractivity contribution in [2.24, 2.45) is 11.7 Å². The topological polar surface area (TPSA) is 160 Å². The van der Waals surface area contributed by atoms with Gasteiger partial charge in [-0.25, -0.2) is 25.2 Å². The summed E-state index contributed by atoms with van der Waals surface area (Å²) in [6.45, 7) is 4.13. The van der Waals surface area contributed by atoms with Crippen molar-refractivity contribution in [1.82, 2.24) is 31.5 Å². The van der Waals surface area contributed by atoms with E-state index in [4.69, 9.17) is 11.7 Å². The molecule has 3 aromatic rings. The number of hydrogen-bond acceptors (Lipinski definition) is 8. The van der Waals surface area contributed by atoms with Crippen LogP contribution in [0.5, 0.6) is 0 Å². The fourth-order valence-corrected chi connectivity index (χ4v) is 3.53. The van der Waals surface area contributed by atoms with E-state index in [0.717, 1.165) is 35.0 Å². The van der Waals surface area contributed by atoms with E-state index >= 15 is 0 Å². The highest BCUT2D eigenvalue weighted by atomic mass is 19.1. The van der Waals surface area contributed by atoms with Gasteiger partial charge >= 0.3 is 0 Å². The predicted molar refractivity (Wildman–Crippen MR) is 129 cm³/mol. The fourth-order valence-electron chi connectivity index (χ4n) is 3.53. The van der Waals surface area contributed by atoms with Crippen molar-refractivity contribution in [3.8, 4) is 0 Å². The summed E-state index contributed by atoms with van der Waals surface area (Å²) in [6.07, 6.45) is 1.51. The first-order chi connectivity index (χ1) is 16.9. The van der Waals surface area contributed by atoms with E-state index in [1.807, 2.05) is 25.1 Å². The highest BCUT2D eigenvalue weighted by Crippen LogP contribution is 2.17. The Morgan fingerprint density at radius 3 is 2.17 bits per heavy atom. The summed E-state index contributed by atoms with van der Waals surface area (Å²) in [4.78, 5) is 33.1. The van der Waals surface area contributed by atoms with Crippen LogP contribution in [0.25, 0.3) is 0 Å². The summed E-state index contributed by atoms with van der Waals surface area (Å²) in [5.74, 6) is 9.78. The number of nitrogens with one attached hydrogen (secondary N) is 4. The summed E-state index contributed by atoms with van der Waals surface area (Å²) in [5, 5.41) is 5.54. The Labute approximate surface area is 202 Å². The van der Waals surface area contributed by atoms with Gasteiger partial charge in [-0.05, 0) is 47.2 Å². The minimum atomic E-state index is -0.469. The van der Waals surface area contributed by atoms with Gasteiger partial charge in [0.1, 0.15) is 29.7 Å². The SMILES string of the molecule is CCc1cc(C(NN)NN)ccc1CNC(=O)c1cc(C(=O)NCc2ccc(F)c(C)c2)ncn1. The van der Waals surface area contributed by atoms with E-state index in [-0.39, 0.29) is 30.3 Å². The van der Waals surface area contributed by atoms with Crippen molar-refractivity contribution >= 4 is 11.8 Å². The molecule has 3 rings (SSSR count). The Morgan fingerprint density at radius 2 is 1.57 bits per heavy atom. The quantitative estimate of drug-likeness (QED) is 0.144. The largest absolute Gasteiger partial charge is 0.347 e. The first-order valence-electron chi connectivity index (χ1n) is 11.0. The molecule has 0 fully saturated rings. The molecule has 2 aromatic carbocycles. The number of amides is 2. The third-order valence-corrected chi connectivity index (χ3v) is 5.53.